The van der Waals surface area contributed by atoms with E-state index in [-0.39, 0.29) is 5.57 Å². The first kappa shape index (κ1) is 17.1. The molecule has 2 aromatic rings. The van der Waals surface area contributed by atoms with Crippen LogP contribution in [0.3, 0.4) is 0 Å². The average molecular weight is 320 g/mol. The first-order valence-electron chi connectivity index (χ1n) is 7.52. The van der Waals surface area contributed by atoms with E-state index in [0.717, 1.165) is 16.8 Å². The second kappa shape index (κ2) is 7.34. The number of benzene rings is 2. The molecule has 0 atom stereocenters. The first-order chi connectivity index (χ1) is 11.4. The Morgan fingerprint density at radius 1 is 1.12 bits per heavy atom. The van der Waals surface area contributed by atoms with E-state index in [1.54, 1.807) is 24.3 Å². The summed E-state index contributed by atoms with van der Waals surface area (Å²) in [6, 6.07) is 12.7. The molecule has 5 nitrogen and oxygen atoms in total. The quantitative estimate of drug-likeness (QED) is 0.455. The van der Waals surface area contributed by atoms with Crippen LogP contribution in [0.4, 0.5) is 17.1 Å². The Balaban J connectivity index is 2.16. The van der Waals surface area contributed by atoms with Gasteiger partial charge in [-0.3, -0.25) is 4.79 Å². The molecule has 0 heterocycles. The Morgan fingerprint density at radius 3 is 2.25 bits per heavy atom. The normalized spacial score (nSPS) is 10.8. The van der Waals surface area contributed by atoms with Crippen LogP contribution in [-0.4, -0.2) is 5.91 Å². The molecule has 0 aliphatic rings. The van der Waals surface area contributed by atoms with Crippen LogP contribution in [0.15, 0.2) is 48.2 Å². The molecule has 0 unspecified atom stereocenters. The summed E-state index contributed by atoms with van der Waals surface area (Å²) >= 11 is 0. The maximum absolute atomic E-state index is 12.2. The minimum atomic E-state index is -0.475. The van der Waals surface area contributed by atoms with Crippen LogP contribution < -0.4 is 16.4 Å². The van der Waals surface area contributed by atoms with E-state index in [1.165, 1.54) is 11.8 Å². The zero-order valence-electron chi connectivity index (χ0n) is 14.0. The number of carbonyl (C=O) groups excluding carboxylic acids is 1. The lowest BCUT2D eigenvalue weighted by Crippen LogP contribution is -2.14. The predicted octanol–water partition coefficient (Wildman–Crippen LogP) is 3.65. The molecule has 0 aliphatic heterocycles. The third-order valence-electron chi connectivity index (χ3n) is 3.57. The second-order valence-electron chi connectivity index (χ2n) is 5.66. The van der Waals surface area contributed by atoms with E-state index < -0.39 is 5.91 Å². The van der Waals surface area contributed by atoms with Gasteiger partial charge in [0.1, 0.15) is 11.6 Å². The number of rotatable bonds is 4. The lowest BCUT2D eigenvalue weighted by Gasteiger charge is -2.11. The predicted molar refractivity (Wildman–Crippen MR) is 97.5 cm³/mol. The van der Waals surface area contributed by atoms with E-state index >= 15 is 0 Å². The van der Waals surface area contributed by atoms with Crippen LogP contribution in [-0.2, 0) is 4.79 Å². The van der Waals surface area contributed by atoms with Gasteiger partial charge in [-0.25, -0.2) is 0 Å². The van der Waals surface area contributed by atoms with E-state index in [2.05, 4.69) is 10.6 Å². The number of nitrogens with zero attached hydrogens (tertiary/aromatic N) is 1. The van der Waals surface area contributed by atoms with Crippen molar-refractivity contribution in [2.75, 3.05) is 16.4 Å². The molecule has 0 saturated carbocycles. The molecule has 4 N–H and O–H groups in total. The van der Waals surface area contributed by atoms with Gasteiger partial charge >= 0.3 is 0 Å². The Labute approximate surface area is 141 Å². The van der Waals surface area contributed by atoms with Crippen molar-refractivity contribution in [2.45, 2.75) is 20.8 Å². The monoisotopic (exact) mass is 320 g/mol. The zero-order chi connectivity index (χ0) is 17.7. The molecule has 0 fully saturated rings. The van der Waals surface area contributed by atoms with Crippen molar-refractivity contribution >= 4 is 23.0 Å². The highest BCUT2D eigenvalue weighted by atomic mass is 16.1. The maximum atomic E-state index is 12.2. The molecule has 0 bridgehead atoms. The molecule has 0 radical (unpaired) electrons. The van der Waals surface area contributed by atoms with Gasteiger partial charge in [0, 0.05) is 23.3 Å². The van der Waals surface area contributed by atoms with E-state index in [9.17, 15) is 10.1 Å². The number of hydrogen-bond donors (Lipinski definition) is 3. The van der Waals surface area contributed by atoms with Crippen molar-refractivity contribution in [2.24, 2.45) is 0 Å². The molecule has 1 amide bonds. The Morgan fingerprint density at radius 2 is 1.71 bits per heavy atom. The van der Waals surface area contributed by atoms with Gasteiger partial charge in [-0.1, -0.05) is 17.7 Å². The molecule has 0 aromatic heterocycles. The molecule has 0 aliphatic carbocycles. The lowest BCUT2D eigenvalue weighted by atomic mass is 10.1. The number of hydrogen-bond acceptors (Lipinski definition) is 4. The molecule has 24 heavy (non-hydrogen) atoms. The number of nitrogens with one attached hydrogen (secondary N) is 2. The van der Waals surface area contributed by atoms with Crippen LogP contribution in [0.25, 0.3) is 0 Å². The van der Waals surface area contributed by atoms with Gasteiger partial charge in [-0.05, 0) is 56.2 Å². The van der Waals surface area contributed by atoms with E-state index in [0.29, 0.717) is 11.4 Å². The van der Waals surface area contributed by atoms with Gasteiger partial charge < -0.3 is 16.4 Å². The van der Waals surface area contributed by atoms with Crippen molar-refractivity contribution in [1.82, 2.24) is 0 Å². The number of anilines is 3. The van der Waals surface area contributed by atoms with Crippen molar-refractivity contribution in [3.8, 4) is 6.07 Å². The third kappa shape index (κ3) is 4.14. The SMILES string of the molecule is Cc1cc(C)c(N/C=C(/C#N)C(=O)Nc2ccc(N)cc2)c(C)c1. The fourth-order valence-corrected chi connectivity index (χ4v) is 2.47. The second-order valence-corrected chi connectivity index (χ2v) is 5.66. The Kier molecular flexibility index (Phi) is 5.23. The fourth-order valence-electron chi connectivity index (χ4n) is 2.47. The molecular formula is C19H20N4O. The highest BCUT2D eigenvalue weighted by molar-refractivity contribution is 6.06. The summed E-state index contributed by atoms with van der Waals surface area (Å²) in [5.41, 5.74) is 11.0. The summed E-state index contributed by atoms with van der Waals surface area (Å²) < 4.78 is 0. The Hall–Kier alpha value is -3.26. The average Bonchev–Trinajstić information content (AvgIpc) is 2.52. The van der Waals surface area contributed by atoms with Gasteiger partial charge in [-0.2, -0.15) is 5.26 Å². The number of carbonyl (C=O) groups is 1. The molecule has 0 spiro atoms. The van der Waals surface area contributed by atoms with Gasteiger partial charge in [0.25, 0.3) is 5.91 Å². The first-order valence-corrected chi connectivity index (χ1v) is 7.52. The fraction of sp³-hybridized carbons (Fsp3) is 0.158. The van der Waals surface area contributed by atoms with Crippen molar-refractivity contribution < 1.29 is 4.79 Å². The molecule has 0 saturated heterocycles. The van der Waals surface area contributed by atoms with Crippen LogP contribution in [0.2, 0.25) is 0 Å². The van der Waals surface area contributed by atoms with Crippen LogP contribution in [0.5, 0.6) is 0 Å². The summed E-state index contributed by atoms with van der Waals surface area (Å²) in [7, 11) is 0. The smallest absolute Gasteiger partial charge is 0.267 e. The molecule has 2 rings (SSSR count). The lowest BCUT2D eigenvalue weighted by molar-refractivity contribution is -0.112. The summed E-state index contributed by atoms with van der Waals surface area (Å²) in [5.74, 6) is -0.475. The number of nitrogen functional groups attached to an aromatic ring is 1. The Bertz CT molecular complexity index is 806. The van der Waals surface area contributed by atoms with Crippen LogP contribution in [0, 0.1) is 32.1 Å². The number of nitrogens with two attached hydrogens (primary N) is 1. The van der Waals surface area contributed by atoms with Gasteiger partial charge in [0.15, 0.2) is 0 Å². The minimum Gasteiger partial charge on any atom is -0.399 e. The third-order valence-corrected chi connectivity index (χ3v) is 3.57. The number of nitriles is 1. The van der Waals surface area contributed by atoms with E-state index in [1.807, 2.05) is 39.0 Å². The largest absolute Gasteiger partial charge is 0.399 e. The van der Waals surface area contributed by atoms with Gasteiger partial charge in [0.05, 0.1) is 0 Å². The summed E-state index contributed by atoms with van der Waals surface area (Å²) in [6.07, 6.45) is 1.43. The highest BCUT2D eigenvalue weighted by Gasteiger charge is 2.10. The van der Waals surface area contributed by atoms with E-state index in [4.69, 9.17) is 5.73 Å². The molecule has 5 heteroatoms. The molecule has 2 aromatic carbocycles. The van der Waals surface area contributed by atoms with Crippen LogP contribution in [0.1, 0.15) is 16.7 Å². The van der Waals surface area contributed by atoms with Gasteiger partial charge in [-0.15, -0.1) is 0 Å². The molecule has 122 valence electrons. The van der Waals surface area contributed by atoms with Crippen LogP contribution >= 0.6 is 0 Å². The highest BCUT2D eigenvalue weighted by Crippen LogP contribution is 2.22. The molecular weight excluding hydrogens is 300 g/mol. The summed E-state index contributed by atoms with van der Waals surface area (Å²) in [5, 5.41) is 15.0. The standard InChI is InChI=1S/C19H20N4O/c1-12-8-13(2)18(14(3)9-12)22-11-15(10-20)19(24)23-17-6-4-16(21)5-7-17/h4-9,11,22H,21H2,1-3H3,(H,23,24)/b15-11-. The summed E-state index contributed by atoms with van der Waals surface area (Å²) in [6.45, 7) is 5.99. The maximum Gasteiger partial charge on any atom is 0.267 e. The van der Waals surface area contributed by atoms with Crippen molar-refractivity contribution in [1.29, 1.82) is 5.26 Å². The summed E-state index contributed by atoms with van der Waals surface area (Å²) in [4.78, 5) is 12.2. The zero-order valence-corrected chi connectivity index (χ0v) is 14.0. The topological polar surface area (TPSA) is 90.9 Å². The number of aryl methyl sites for hydroxylation is 3. The van der Waals surface area contributed by atoms with Crippen molar-refractivity contribution in [3.63, 3.8) is 0 Å². The van der Waals surface area contributed by atoms with Gasteiger partial charge in [0.2, 0.25) is 0 Å². The van der Waals surface area contributed by atoms with Crippen molar-refractivity contribution in [3.05, 3.63) is 64.9 Å². The minimum absolute atomic E-state index is 0.00815. The number of amides is 1.